The van der Waals surface area contributed by atoms with Crippen LogP contribution in [0.15, 0.2) is 29.3 Å². The monoisotopic (exact) mass is 501 g/mol. The molecule has 0 radical (unpaired) electrons. The minimum Gasteiger partial charge on any atom is -0.496 e. The van der Waals surface area contributed by atoms with E-state index in [4.69, 9.17) is 14.5 Å². The summed E-state index contributed by atoms with van der Waals surface area (Å²) in [5, 5.41) is 3.51. The van der Waals surface area contributed by atoms with Gasteiger partial charge in [-0.15, -0.1) is 24.0 Å². The number of guanidine groups is 1. The Bertz CT molecular complexity index is 632. The van der Waals surface area contributed by atoms with E-state index in [9.17, 15) is 0 Å². The Kier molecular flexibility index (Phi) is 9.34. The van der Waals surface area contributed by atoms with Crippen molar-refractivity contribution in [2.45, 2.75) is 44.4 Å². The molecule has 1 saturated heterocycles. The van der Waals surface area contributed by atoms with Gasteiger partial charge >= 0.3 is 0 Å². The van der Waals surface area contributed by atoms with Crippen LogP contribution in [0.1, 0.15) is 44.6 Å². The second kappa shape index (κ2) is 11.2. The van der Waals surface area contributed by atoms with Crippen LogP contribution in [0.25, 0.3) is 0 Å². The SMILES string of the molecule is CCNC(=NCC1(c2ccccc2OC)CCCC1)N1CCC(COC)C1.I. The van der Waals surface area contributed by atoms with Crippen molar-refractivity contribution in [3.05, 3.63) is 29.8 Å². The molecule has 2 fully saturated rings. The van der Waals surface area contributed by atoms with Crippen LogP contribution in [0.5, 0.6) is 5.75 Å². The average Bonchev–Trinajstić information content (AvgIpc) is 3.36. The molecule has 1 heterocycles. The smallest absolute Gasteiger partial charge is 0.193 e. The van der Waals surface area contributed by atoms with E-state index < -0.39 is 0 Å². The number of rotatable bonds is 7. The van der Waals surface area contributed by atoms with Crippen molar-refractivity contribution in [1.29, 1.82) is 0 Å². The fourth-order valence-electron chi connectivity index (χ4n) is 4.70. The Hall–Kier alpha value is -1.02. The van der Waals surface area contributed by atoms with Gasteiger partial charge in [0.1, 0.15) is 5.75 Å². The summed E-state index contributed by atoms with van der Waals surface area (Å²) in [6.07, 6.45) is 6.08. The lowest BCUT2D eigenvalue weighted by molar-refractivity contribution is 0.157. The van der Waals surface area contributed by atoms with E-state index in [1.54, 1.807) is 14.2 Å². The third-order valence-electron chi connectivity index (χ3n) is 6.09. The minimum atomic E-state index is 0. The zero-order valence-corrected chi connectivity index (χ0v) is 19.9. The number of nitrogens with one attached hydrogen (secondary N) is 1. The minimum absolute atomic E-state index is 0. The lowest BCUT2D eigenvalue weighted by Crippen LogP contribution is -2.41. The largest absolute Gasteiger partial charge is 0.496 e. The predicted molar refractivity (Wildman–Crippen MR) is 126 cm³/mol. The van der Waals surface area contributed by atoms with Crippen LogP contribution in [-0.4, -0.2) is 57.9 Å². The van der Waals surface area contributed by atoms with Gasteiger partial charge in [0.05, 0.1) is 20.3 Å². The molecule has 0 aromatic heterocycles. The molecule has 1 N–H and O–H groups in total. The lowest BCUT2D eigenvalue weighted by atomic mass is 9.78. The zero-order chi connectivity index (χ0) is 19.1. The average molecular weight is 501 g/mol. The van der Waals surface area contributed by atoms with Crippen molar-refractivity contribution < 1.29 is 9.47 Å². The Morgan fingerprint density at radius 3 is 2.68 bits per heavy atom. The lowest BCUT2D eigenvalue weighted by Gasteiger charge is -2.31. The number of aliphatic imine (C=N–C) groups is 1. The molecule has 28 heavy (non-hydrogen) atoms. The number of halogens is 1. The van der Waals surface area contributed by atoms with Crippen molar-refractivity contribution in [1.82, 2.24) is 10.2 Å². The number of likely N-dealkylation sites (tertiary alicyclic amines) is 1. The molecule has 1 aliphatic heterocycles. The van der Waals surface area contributed by atoms with Crippen molar-refractivity contribution in [3.63, 3.8) is 0 Å². The number of hydrogen-bond acceptors (Lipinski definition) is 3. The Labute approximate surface area is 187 Å². The molecule has 6 heteroatoms. The maximum atomic E-state index is 5.69. The van der Waals surface area contributed by atoms with Gasteiger partial charge in [0.2, 0.25) is 0 Å². The molecule has 1 aromatic rings. The van der Waals surface area contributed by atoms with Crippen molar-refractivity contribution in [3.8, 4) is 5.75 Å². The van der Waals surface area contributed by atoms with Crippen LogP contribution < -0.4 is 10.1 Å². The summed E-state index contributed by atoms with van der Waals surface area (Å²) >= 11 is 0. The molecule has 5 nitrogen and oxygen atoms in total. The third kappa shape index (κ3) is 5.32. The molecule has 0 bridgehead atoms. The maximum Gasteiger partial charge on any atom is 0.193 e. The normalized spacial score (nSPS) is 21.5. The van der Waals surface area contributed by atoms with Gasteiger partial charge < -0.3 is 19.7 Å². The number of methoxy groups -OCH3 is 2. The summed E-state index contributed by atoms with van der Waals surface area (Å²) in [7, 11) is 3.56. The van der Waals surface area contributed by atoms with Gasteiger partial charge in [-0.05, 0) is 32.3 Å². The third-order valence-corrected chi connectivity index (χ3v) is 6.09. The van der Waals surface area contributed by atoms with Gasteiger partial charge in [0.15, 0.2) is 5.96 Å². The quantitative estimate of drug-likeness (QED) is 0.348. The van der Waals surface area contributed by atoms with E-state index in [2.05, 4.69) is 41.4 Å². The highest BCUT2D eigenvalue weighted by molar-refractivity contribution is 14.0. The zero-order valence-electron chi connectivity index (χ0n) is 17.6. The number of ether oxygens (including phenoxy) is 2. The fourth-order valence-corrected chi connectivity index (χ4v) is 4.70. The summed E-state index contributed by atoms with van der Waals surface area (Å²) in [6, 6.07) is 8.50. The number of para-hydroxylation sites is 1. The van der Waals surface area contributed by atoms with E-state index in [-0.39, 0.29) is 29.4 Å². The first-order valence-electron chi connectivity index (χ1n) is 10.4. The van der Waals surface area contributed by atoms with Crippen molar-refractivity contribution >= 4 is 29.9 Å². The van der Waals surface area contributed by atoms with Gasteiger partial charge in [0.25, 0.3) is 0 Å². The summed E-state index contributed by atoms with van der Waals surface area (Å²) in [5.41, 5.74) is 1.42. The van der Waals surface area contributed by atoms with Gasteiger partial charge in [-0.2, -0.15) is 0 Å². The summed E-state index contributed by atoms with van der Waals surface area (Å²) in [5.74, 6) is 2.66. The van der Waals surface area contributed by atoms with Crippen LogP contribution in [0.4, 0.5) is 0 Å². The summed E-state index contributed by atoms with van der Waals surface area (Å²) < 4.78 is 11.0. The first kappa shape index (κ1) is 23.3. The van der Waals surface area contributed by atoms with E-state index in [1.807, 2.05) is 0 Å². The molecule has 2 aliphatic rings. The Morgan fingerprint density at radius 1 is 1.25 bits per heavy atom. The van der Waals surface area contributed by atoms with Gasteiger partial charge in [-0.25, -0.2) is 0 Å². The molecule has 1 saturated carbocycles. The van der Waals surface area contributed by atoms with Crippen LogP contribution in [0.3, 0.4) is 0 Å². The van der Waals surface area contributed by atoms with E-state index >= 15 is 0 Å². The van der Waals surface area contributed by atoms with Crippen LogP contribution >= 0.6 is 24.0 Å². The highest BCUT2D eigenvalue weighted by Crippen LogP contribution is 2.45. The van der Waals surface area contributed by atoms with Crippen LogP contribution in [0.2, 0.25) is 0 Å². The second-order valence-corrected chi connectivity index (χ2v) is 7.91. The Balaban J connectivity index is 0.00000280. The molecule has 1 aromatic carbocycles. The molecule has 1 unspecified atom stereocenters. The highest BCUT2D eigenvalue weighted by Gasteiger charge is 2.38. The molecule has 1 aliphatic carbocycles. The van der Waals surface area contributed by atoms with E-state index in [1.165, 1.54) is 37.7 Å². The Morgan fingerprint density at radius 2 is 2.00 bits per heavy atom. The predicted octanol–water partition coefficient (Wildman–Crippen LogP) is 4.06. The molecule has 0 spiro atoms. The number of benzene rings is 1. The number of nitrogens with zero attached hydrogens (tertiary/aromatic N) is 2. The molecular weight excluding hydrogens is 465 g/mol. The maximum absolute atomic E-state index is 5.69. The van der Waals surface area contributed by atoms with Crippen molar-refractivity contribution in [2.75, 3.05) is 47.0 Å². The summed E-state index contributed by atoms with van der Waals surface area (Å²) in [6.45, 7) is 6.78. The van der Waals surface area contributed by atoms with Crippen molar-refractivity contribution in [2.24, 2.45) is 10.9 Å². The van der Waals surface area contributed by atoms with Gasteiger partial charge in [-0.1, -0.05) is 31.0 Å². The molecule has 158 valence electrons. The molecular formula is C22H36IN3O2. The number of hydrogen-bond donors (Lipinski definition) is 1. The molecule has 0 amide bonds. The second-order valence-electron chi connectivity index (χ2n) is 7.91. The molecule has 3 rings (SSSR count). The topological polar surface area (TPSA) is 46.1 Å². The first-order valence-corrected chi connectivity index (χ1v) is 10.4. The van der Waals surface area contributed by atoms with E-state index in [0.717, 1.165) is 44.5 Å². The molecule has 1 atom stereocenters. The van der Waals surface area contributed by atoms with Crippen LogP contribution in [0, 0.1) is 5.92 Å². The standard InChI is InChI=1S/C22H35N3O2.HI/c1-4-23-21(25-14-11-18(15-25)16-26-2)24-17-22(12-7-8-13-22)19-9-5-6-10-20(19)27-3;/h5-6,9-10,18H,4,7-8,11-17H2,1-3H3,(H,23,24);1H. The fraction of sp³-hybridized carbons (Fsp3) is 0.682. The first-order chi connectivity index (χ1) is 13.2. The van der Waals surface area contributed by atoms with E-state index in [0.29, 0.717) is 5.92 Å². The van der Waals surface area contributed by atoms with Gasteiger partial charge in [0, 0.05) is 43.6 Å². The van der Waals surface area contributed by atoms with Crippen LogP contribution in [-0.2, 0) is 10.2 Å². The van der Waals surface area contributed by atoms with Gasteiger partial charge in [-0.3, -0.25) is 4.99 Å². The summed E-state index contributed by atoms with van der Waals surface area (Å²) in [4.78, 5) is 7.53. The highest BCUT2D eigenvalue weighted by atomic mass is 127.